The summed E-state index contributed by atoms with van der Waals surface area (Å²) in [6.07, 6.45) is 3.87. The van der Waals surface area contributed by atoms with Crippen LogP contribution in [0.15, 0.2) is 47.9 Å². The molecule has 0 aromatic heterocycles. The molecule has 1 saturated carbocycles. The summed E-state index contributed by atoms with van der Waals surface area (Å²) in [7, 11) is -2.35. The molecule has 2 aliphatic rings. The Morgan fingerprint density at radius 1 is 1.06 bits per heavy atom. The summed E-state index contributed by atoms with van der Waals surface area (Å²) in [5.41, 5.74) is -0.758. The number of Topliss-reactive ketones (excluding diaryl/α,β-unsaturated/α-hetero) is 1. The Kier molecular flexibility index (Phi) is 13.6. The number of likely N-dealkylation sites (N-methyl/N-ethyl adjacent to an activating group) is 1. The second-order valence-electron chi connectivity index (χ2n) is 14.5. The predicted molar refractivity (Wildman–Crippen MR) is 187 cm³/mol. The van der Waals surface area contributed by atoms with E-state index in [-0.39, 0.29) is 42.2 Å². The highest BCUT2D eigenvalue weighted by Crippen LogP contribution is 2.50. The van der Waals surface area contributed by atoms with Crippen LogP contribution in [0.25, 0.3) is 0 Å². The zero-order valence-corrected chi connectivity index (χ0v) is 30.6. The van der Waals surface area contributed by atoms with Gasteiger partial charge in [0.05, 0.1) is 10.9 Å². The molecule has 6 atom stereocenters. The number of ketones is 1. The van der Waals surface area contributed by atoms with Crippen molar-refractivity contribution in [1.29, 1.82) is 0 Å². The molecule has 1 aliphatic heterocycles. The van der Waals surface area contributed by atoms with Crippen LogP contribution < -0.4 is 21.3 Å². The Bertz CT molecular complexity index is 1480. The first-order chi connectivity index (χ1) is 22.9. The molecule has 13 nitrogen and oxygen atoms in total. The van der Waals surface area contributed by atoms with Crippen molar-refractivity contribution in [1.82, 2.24) is 30.5 Å². The van der Waals surface area contributed by atoms with Crippen LogP contribution >= 0.6 is 0 Å². The molecule has 5 amide bonds. The number of sulfonamides is 1. The Morgan fingerprint density at radius 3 is 2.29 bits per heavy atom. The van der Waals surface area contributed by atoms with Crippen LogP contribution in [0.2, 0.25) is 0 Å². The molecular formula is C35H54N6O7S. The molecule has 272 valence electrons. The van der Waals surface area contributed by atoms with E-state index in [9.17, 15) is 32.4 Å². The van der Waals surface area contributed by atoms with E-state index in [0.717, 1.165) is 12.8 Å². The molecular weight excluding hydrogens is 648 g/mol. The molecule has 1 saturated heterocycles. The molecule has 49 heavy (non-hydrogen) atoms. The van der Waals surface area contributed by atoms with Crippen LogP contribution in [-0.4, -0.2) is 98.0 Å². The number of piperidine rings is 1. The number of urea groups is 1. The fraction of sp³-hybridized carbons (Fsp3) is 0.629. The Balaban J connectivity index is 1.75. The molecule has 0 bridgehead atoms. The quantitative estimate of drug-likeness (QED) is 0.143. The number of rotatable bonds is 17. The fourth-order valence-electron chi connectivity index (χ4n) is 6.10. The van der Waals surface area contributed by atoms with E-state index in [4.69, 9.17) is 0 Å². The van der Waals surface area contributed by atoms with Gasteiger partial charge in [-0.05, 0) is 48.1 Å². The van der Waals surface area contributed by atoms with E-state index < -0.39 is 69.1 Å². The topological polar surface area (TPSA) is 174 Å². The highest BCUT2D eigenvalue weighted by molar-refractivity contribution is 7.89. The zero-order chi connectivity index (χ0) is 36.7. The predicted octanol–water partition coefficient (Wildman–Crippen LogP) is 2.44. The Morgan fingerprint density at radius 2 is 1.71 bits per heavy atom. The number of nitrogens with one attached hydrogen (secondary N) is 4. The van der Waals surface area contributed by atoms with Gasteiger partial charge >= 0.3 is 6.03 Å². The number of carbonyl (C=O) groups excluding carboxylic acids is 5. The zero-order valence-electron chi connectivity index (χ0n) is 29.8. The smallest absolute Gasteiger partial charge is 0.315 e. The SMILES string of the molecule is C=CCNC(=O)C(=O)C(CCCC)NC(=O)[C@@H]1[C@H]2C[C@H]2CN1C(=O)[C@@H](NC(=O)NC(CN(C)S(=O)(=O)c1ccccc1)C(C)C)C(C)(C)C. The van der Waals surface area contributed by atoms with E-state index in [1.54, 1.807) is 18.2 Å². The van der Waals surface area contributed by atoms with Crippen LogP contribution in [0, 0.1) is 23.2 Å². The summed E-state index contributed by atoms with van der Waals surface area (Å²) in [6.45, 7) is 15.1. The van der Waals surface area contributed by atoms with Crippen molar-refractivity contribution < 1.29 is 32.4 Å². The molecule has 1 aliphatic carbocycles. The average Bonchev–Trinajstić information content (AvgIpc) is 3.71. The number of hydrogen-bond acceptors (Lipinski definition) is 7. The lowest BCUT2D eigenvalue weighted by Gasteiger charge is -2.37. The third kappa shape index (κ3) is 10.1. The first kappa shape index (κ1) is 39.7. The number of carbonyl (C=O) groups is 5. The van der Waals surface area contributed by atoms with Crippen LogP contribution in [0.1, 0.15) is 67.2 Å². The first-order valence-corrected chi connectivity index (χ1v) is 18.5. The molecule has 1 heterocycles. The van der Waals surface area contributed by atoms with Gasteiger partial charge in [-0.1, -0.05) is 78.7 Å². The van der Waals surface area contributed by atoms with Gasteiger partial charge in [0.25, 0.3) is 5.91 Å². The third-order valence-corrected chi connectivity index (χ3v) is 11.1. The summed E-state index contributed by atoms with van der Waals surface area (Å²) in [5, 5.41) is 10.9. The number of likely N-dealkylation sites (tertiary alicyclic amines) is 1. The number of unbranched alkanes of at least 4 members (excludes halogenated alkanes) is 1. The highest BCUT2D eigenvalue weighted by atomic mass is 32.2. The molecule has 2 fully saturated rings. The van der Waals surface area contributed by atoms with E-state index in [1.807, 2.05) is 41.5 Å². The van der Waals surface area contributed by atoms with Crippen molar-refractivity contribution in [2.75, 3.05) is 26.7 Å². The van der Waals surface area contributed by atoms with E-state index in [2.05, 4.69) is 27.8 Å². The van der Waals surface area contributed by atoms with Crippen LogP contribution in [0.5, 0.6) is 0 Å². The van der Waals surface area contributed by atoms with E-state index in [1.165, 1.54) is 34.5 Å². The van der Waals surface area contributed by atoms with Crippen LogP contribution in [-0.2, 0) is 29.2 Å². The maximum absolute atomic E-state index is 14.2. The van der Waals surface area contributed by atoms with Crippen molar-refractivity contribution in [2.24, 2.45) is 23.2 Å². The molecule has 2 unspecified atom stereocenters. The summed E-state index contributed by atoms with van der Waals surface area (Å²) < 4.78 is 27.5. The van der Waals surface area contributed by atoms with Crippen molar-refractivity contribution in [3.63, 3.8) is 0 Å². The monoisotopic (exact) mass is 702 g/mol. The van der Waals surface area contributed by atoms with Gasteiger partial charge in [-0.2, -0.15) is 4.31 Å². The van der Waals surface area contributed by atoms with Crippen molar-refractivity contribution in [3.8, 4) is 0 Å². The van der Waals surface area contributed by atoms with Crippen LogP contribution in [0.3, 0.4) is 0 Å². The maximum Gasteiger partial charge on any atom is 0.315 e. The highest BCUT2D eigenvalue weighted by Gasteiger charge is 2.58. The molecule has 3 rings (SSSR count). The lowest BCUT2D eigenvalue weighted by atomic mass is 9.85. The van der Waals surface area contributed by atoms with Crippen molar-refractivity contribution in [2.45, 2.75) is 96.3 Å². The van der Waals surface area contributed by atoms with Gasteiger partial charge in [-0.15, -0.1) is 6.58 Å². The maximum atomic E-state index is 14.2. The van der Waals surface area contributed by atoms with Gasteiger partial charge in [0.1, 0.15) is 12.1 Å². The summed E-state index contributed by atoms with van der Waals surface area (Å²) in [5.74, 6) is -2.59. The van der Waals surface area contributed by atoms with Crippen molar-refractivity contribution >= 4 is 39.6 Å². The van der Waals surface area contributed by atoms with Gasteiger partial charge in [0.2, 0.25) is 27.6 Å². The van der Waals surface area contributed by atoms with Gasteiger partial charge in [0.15, 0.2) is 0 Å². The van der Waals surface area contributed by atoms with E-state index >= 15 is 0 Å². The minimum absolute atomic E-state index is 0.00228. The summed E-state index contributed by atoms with van der Waals surface area (Å²) in [4.78, 5) is 68.5. The molecule has 0 radical (unpaired) electrons. The fourth-order valence-corrected chi connectivity index (χ4v) is 7.32. The first-order valence-electron chi connectivity index (χ1n) is 17.1. The second-order valence-corrected chi connectivity index (χ2v) is 16.6. The molecule has 1 aromatic rings. The number of hydrogen-bond donors (Lipinski definition) is 4. The van der Waals surface area contributed by atoms with Crippen molar-refractivity contribution in [3.05, 3.63) is 43.0 Å². The minimum Gasteiger partial charge on any atom is -0.346 e. The molecule has 14 heteroatoms. The van der Waals surface area contributed by atoms with Gasteiger partial charge in [-0.3, -0.25) is 19.2 Å². The molecule has 1 aromatic carbocycles. The summed E-state index contributed by atoms with van der Waals surface area (Å²) >= 11 is 0. The van der Waals surface area contributed by atoms with Gasteiger partial charge < -0.3 is 26.2 Å². The van der Waals surface area contributed by atoms with Gasteiger partial charge in [-0.25, -0.2) is 13.2 Å². The van der Waals surface area contributed by atoms with Crippen LogP contribution in [0.4, 0.5) is 4.79 Å². The number of benzene rings is 1. The number of nitrogens with zero attached hydrogens (tertiary/aromatic N) is 2. The average molecular weight is 703 g/mol. The largest absolute Gasteiger partial charge is 0.346 e. The number of fused-ring (bicyclic) bond motifs is 1. The second kappa shape index (κ2) is 16.8. The molecule has 0 spiro atoms. The summed E-state index contributed by atoms with van der Waals surface area (Å²) in [6, 6.07) is 3.90. The Labute approximate surface area is 291 Å². The lowest BCUT2D eigenvalue weighted by Crippen LogP contribution is -2.62. The third-order valence-electron chi connectivity index (χ3n) is 9.23. The lowest BCUT2D eigenvalue weighted by molar-refractivity contribution is -0.144. The van der Waals surface area contributed by atoms with E-state index in [0.29, 0.717) is 13.0 Å². The Hall–Kier alpha value is -3.78. The van der Waals surface area contributed by atoms with Gasteiger partial charge in [0, 0.05) is 32.7 Å². The standard InChI is InChI=1S/C35H54N6O7S/c1-9-11-17-26(29(42)32(44)36-18-10-2)37-31(43)28-25-19-23(25)20-41(28)33(45)30(35(5,6)7)39-34(46)38-27(22(3)4)21-40(8)49(47,48)24-15-13-12-14-16-24/h10,12-16,22-23,25-28,30H,2,9,11,17-21H2,1,3-8H3,(H,36,44)(H,37,43)(H2,38,39,46)/t23-,25-,26?,27?,28-,30+/m0/s1. The molecule has 4 N–H and O–H groups in total. The normalized spacial score (nSPS) is 20.5. The number of amides is 5. The minimum atomic E-state index is -3.80.